The zero-order valence-electron chi connectivity index (χ0n) is 10.9. The summed E-state index contributed by atoms with van der Waals surface area (Å²) >= 11 is 0. The number of aliphatic hydroxyl groups is 3. The van der Waals surface area contributed by atoms with Crippen molar-refractivity contribution < 1.29 is 29.7 Å². The Kier molecular flexibility index (Phi) is 4.70. The highest BCUT2D eigenvalue weighted by atomic mass is 16.7. The molecule has 116 valence electrons. The molecule has 21 heavy (non-hydrogen) atoms. The summed E-state index contributed by atoms with van der Waals surface area (Å²) < 4.78 is 10.6. The fraction of sp³-hybridized carbons (Fsp3) is 0.500. The van der Waals surface area contributed by atoms with E-state index in [0.29, 0.717) is 0 Å². The summed E-state index contributed by atoms with van der Waals surface area (Å²) in [5.41, 5.74) is 5.29. The molecule has 0 saturated carbocycles. The fourth-order valence-electron chi connectivity index (χ4n) is 1.99. The molecule has 0 aromatic heterocycles. The van der Waals surface area contributed by atoms with E-state index in [4.69, 9.17) is 15.2 Å². The maximum atomic E-state index is 10.5. The van der Waals surface area contributed by atoms with Gasteiger partial charge in [-0.1, -0.05) is 0 Å². The summed E-state index contributed by atoms with van der Waals surface area (Å²) in [6, 6.07) is 5.14. The molecule has 0 unspecified atom stereocenters. The van der Waals surface area contributed by atoms with Gasteiger partial charge in [0.2, 0.25) is 6.29 Å². The van der Waals surface area contributed by atoms with Crippen LogP contribution < -0.4 is 10.5 Å². The summed E-state index contributed by atoms with van der Waals surface area (Å²) in [6.45, 7) is -0.0644. The van der Waals surface area contributed by atoms with E-state index in [1.807, 2.05) is 0 Å². The summed E-state index contributed by atoms with van der Waals surface area (Å²) in [6.07, 6.45) is -6.38. The summed E-state index contributed by atoms with van der Waals surface area (Å²) in [4.78, 5) is 9.99. The van der Waals surface area contributed by atoms with Crippen molar-refractivity contribution in [3.8, 4) is 5.75 Å². The molecule has 2 rings (SSSR count). The number of ether oxygens (including phenoxy) is 2. The van der Waals surface area contributed by atoms with E-state index in [2.05, 4.69) is 0 Å². The molecule has 0 aliphatic carbocycles. The molecule has 9 nitrogen and oxygen atoms in total. The Morgan fingerprint density at radius 2 is 1.81 bits per heavy atom. The van der Waals surface area contributed by atoms with Crippen molar-refractivity contribution in [3.05, 3.63) is 34.4 Å². The molecule has 1 saturated heterocycles. The lowest BCUT2D eigenvalue weighted by Crippen LogP contribution is -2.60. The predicted molar refractivity (Wildman–Crippen MR) is 69.5 cm³/mol. The first-order chi connectivity index (χ1) is 9.93. The van der Waals surface area contributed by atoms with E-state index in [0.717, 1.165) is 0 Å². The van der Waals surface area contributed by atoms with Gasteiger partial charge in [0.1, 0.15) is 30.2 Å². The molecule has 0 amide bonds. The van der Waals surface area contributed by atoms with Gasteiger partial charge in [-0.2, -0.15) is 0 Å². The van der Waals surface area contributed by atoms with Crippen LogP contribution in [0.1, 0.15) is 0 Å². The van der Waals surface area contributed by atoms with Crippen LogP contribution in [0.15, 0.2) is 24.3 Å². The van der Waals surface area contributed by atoms with E-state index in [1.165, 1.54) is 24.3 Å². The van der Waals surface area contributed by atoms with Crippen LogP contribution in [-0.2, 0) is 4.74 Å². The topological polar surface area (TPSA) is 148 Å². The molecule has 0 radical (unpaired) electrons. The second-order valence-electron chi connectivity index (χ2n) is 4.62. The van der Waals surface area contributed by atoms with Crippen LogP contribution in [0.3, 0.4) is 0 Å². The van der Waals surface area contributed by atoms with Crippen LogP contribution in [0, 0.1) is 10.1 Å². The first-order valence-electron chi connectivity index (χ1n) is 6.25. The van der Waals surface area contributed by atoms with Crippen LogP contribution in [0.5, 0.6) is 5.75 Å². The van der Waals surface area contributed by atoms with E-state index in [9.17, 15) is 25.4 Å². The predicted octanol–water partition coefficient (Wildman–Crippen LogP) is -1.26. The first-order valence-corrected chi connectivity index (χ1v) is 6.25. The van der Waals surface area contributed by atoms with Gasteiger partial charge >= 0.3 is 0 Å². The average Bonchev–Trinajstić information content (AvgIpc) is 2.48. The maximum Gasteiger partial charge on any atom is 0.269 e. The second kappa shape index (κ2) is 6.33. The number of aliphatic hydroxyl groups excluding tert-OH is 3. The Morgan fingerprint density at radius 3 is 2.33 bits per heavy atom. The number of nitrogens with two attached hydrogens (primary N) is 1. The Balaban J connectivity index is 2.08. The second-order valence-corrected chi connectivity index (χ2v) is 4.62. The number of hydrogen-bond donors (Lipinski definition) is 4. The third kappa shape index (κ3) is 3.28. The molecule has 1 heterocycles. The number of benzene rings is 1. The van der Waals surface area contributed by atoms with Crippen LogP contribution in [0.4, 0.5) is 5.69 Å². The summed E-state index contributed by atoms with van der Waals surface area (Å²) in [5.74, 6) is 0.212. The van der Waals surface area contributed by atoms with Gasteiger partial charge in [0.05, 0.1) is 4.92 Å². The number of hydrogen-bond acceptors (Lipinski definition) is 8. The minimum absolute atomic E-state index is 0.0644. The molecule has 9 heteroatoms. The third-order valence-electron chi connectivity index (χ3n) is 3.20. The van der Waals surface area contributed by atoms with Crippen molar-refractivity contribution in [2.75, 3.05) is 6.54 Å². The maximum absolute atomic E-state index is 10.5. The zero-order valence-corrected chi connectivity index (χ0v) is 10.9. The molecule has 1 aliphatic heterocycles. The van der Waals surface area contributed by atoms with Crippen molar-refractivity contribution in [3.63, 3.8) is 0 Å². The molecule has 1 aromatic rings. The van der Waals surface area contributed by atoms with E-state index in [1.54, 1.807) is 0 Å². The van der Waals surface area contributed by atoms with Crippen LogP contribution in [0.25, 0.3) is 0 Å². The minimum atomic E-state index is -1.47. The van der Waals surface area contributed by atoms with Crippen molar-refractivity contribution in [1.82, 2.24) is 0 Å². The molecule has 1 fully saturated rings. The number of nitro benzene ring substituents is 1. The smallest absolute Gasteiger partial charge is 0.269 e. The summed E-state index contributed by atoms with van der Waals surface area (Å²) in [5, 5.41) is 39.7. The number of rotatable bonds is 4. The Hall–Kier alpha value is -1.78. The van der Waals surface area contributed by atoms with Crippen LogP contribution in [-0.4, -0.2) is 57.5 Å². The molecule has 0 bridgehead atoms. The Morgan fingerprint density at radius 1 is 1.19 bits per heavy atom. The van der Waals surface area contributed by atoms with Gasteiger partial charge in [0.15, 0.2) is 0 Å². The molecule has 0 spiro atoms. The highest BCUT2D eigenvalue weighted by Gasteiger charge is 2.44. The largest absolute Gasteiger partial charge is 0.462 e. The molecule has 5 atom stereocenters. The Labute approximate surface area is 119 Å². The normalized spacial score (nSPS) is 32.7. The molecular formula is C12H16N2O7. The van der Waals surface area contributed by atoms with Crippen molar-refractivity contribution >= 4 is 5.69 Å². The van der Waals surface area contributed by atoms with Gasteiger partial charge in [-0.15, -0.1) is 0 Å². The van der Waals surface area contributed by atoms with Gasteiger partial charge in [0, 0.05) is 18.7 Å². The number of nitrogens with zero attached hydrogens (tertiary/aromatic N) is 1. The van der Waals surface area contributed by atoms with Gasteiger partial charge in [0.25, 0.3) is 5.69 Å². The average molecular weight is 300 g/mol. The quantitative estimate of drug-likeness (QED) is 0.397. The van der Waals surface area contributed by atoms with E-state index in [-0.39, 0.29) is 18.0 Å². The van der Waals surface area contributed by atoms with Gasteiger partial charge in [-0.25, -0.2) is 0 Å². The van der Waals surface area contributed by atoms with Crippen molar-refractivity contribution in [2.24, 2.45) is 5.73 Å². The highest BCUT2D eigenvalue weighted by molar-refractivity contribution is 5.36. The van der Waals surface area contributed by atoms with Crippen LogP contribution >= 0.6 is 0 Å². The van der Waals surface area contributed by atoms with E-state index < -0.39 is 35.6 Å². The van der Waals surface area contributed by atoms with Crippen molar-refractivity contribution in [2.45, 2.75) is 30.7 Å². The van der Waals surface area contributed by atoms with Crippen molar-refractivity contribution in [1.29, 1.82) is 0 Å². The zero-order chi connectivity index (χ0) is 15.6. The van der Waals surface area contributed by atoms with Gasteiger partial charge in [-0.3, -0.25) is 10.1 Å². The third-order valence-corrected chi connectivity index (χ3v) is 3.20. The van der Waals surface area contributed by atoms with E-state index >= 15 is 0 Å². The Bertz CT molecular complexity index is 493. The molecule has 1 aromatic carbocycles. The fourth-order valence-corrected chi connectivity index (χ4v) is 1.99. The summed E-state index contributed by atoms with van der Waals surface area (Å²) in [7, 11) is 0. The highest BCUT2D eigenvalue weighted by Crippen LogP contribution is 2.25. The number of nitro groups is 1. The lowest BCUT2D eigenvalue weighted by atomic mass is 9.99. The molecule has 5 N–H and O–H groups in total. The minimum Gasteiger partial charge on any atom is -0.462 e. The monoisotopic (exact) mass is 300 g/mol. The lowest BCUT2D eigenvalue weighted by Gasteiger charge is -2.39. The molecular weight excluding hydrogens is 284 g/mol. The lowest BCUT2D eigenvalue weighted by molar-refractivity contribution is -0.384. The SMILES string of the molecule is NC[C@H]1O[C@H](Oc2ccc([N+](=O)[O-])cc2)[C@H](O)[C@@H](O)[C@H]1O. The molecule has 1 aliphatic rings. The van der Waals surface area contributed by atoms with Crippen LogP contribution in [0.2, 0.25) is 0 Å². The standard InChI is InChI=1S/C12H16N2O7/c13-5-8-9(15)10(16)11(17)12(21-8)20-7-3-1-6(2-4-7)14(18)19/h1-4,8-12,15-17H,5,13H2/t8-,9+,10+,11-,12+/m1/s1. The number of non-ortho nitro benzene ring substituents is 1. The van der Waals surface area contributed by atoms with Gasteiger partial charge in [-0.05, 0) is 12.1 Å². The van der Waals surface area contributed by atoms with Gasteiger partial charge < -0.3 is 30.5 Å². The first kappa shape index (κ1) is 15.6.